The molecule has 7 heteroatoms. The van der Waals surface area contributed by atoms with Crippen LogP contribution in [0.25, 0.3) is 0 Å². The Bertz CT molecular complexity index is 689. The van der Waals surface area contributed by atoms with Gasteiger partial charge in [0.1, 0.15) is 5.78 Å². The van der Waals surface area contributed by atoms with Crippen molar-refractivity contribution in [3.8, 4) is 17.2 Å². The molecule has 0 amide bonds. The van der Waals surface area contributed by atoms with E-state index in [9.17, 15) is 9.59 Å². The molecule has 1 saturated carbocycles. The molecule has 1 fully saturated rings. The van der Waals surface area contributed by atoms with Crippen LogP contribution in [0.5, 0.6) is 17.2 Å². The normalized spacial score (nSPS) is 14.4. The van der Waals surface area contributed by atoms with E-state index in [1.54, 1.807) is 12.1 Å². The minimum atomic E-state index is -0.435. The van der Waals surface area contributed by atoms with Crippen molar-refractivity contribution in [2.75, 3.05) is 47.6 Å². The Morgan fingerprint density at radius 1 is 0.968 bits per heavy atom. The molecule has 0 unspecified atom stereocenters. The Labute approximate surface area is 186 Å². The zero-order chi connectivity index (χ0) is 22.6. The number of ether oxygens (including phenoxy) is 4. The first-order valence-electron chi connectivity index (χ1n) is 11.3. The van der Waals surface area contributed by atoms with Gasteiger partial charge in [-0.15, -0.1) is 0 Å². The number of hydrogen-bond acceptors (Lipinski definition) is 7. The molecular formula is C24H37NO6. The lowest BCUT2D eigenvalue weighted by atomic mass is 9.85. The highest BCUT2D eigenvalue weighted by Crippen LogP contribution is 2.38. The fourth-order valence-corrected chi connectivity index (χ4v) is 4.06. The summed E-state index contributed by atoms with van der Waals surface area (Å²) < 4.78 is 21.3. The quantitative estimate of drug-likeness (QED) is 0.341. The van der Waals surface area contributed by atoms with E-state index in [0.29, 0.717) is 48.0 Å². The third kappa shape index (κ3) is 7.42. The summed E-state index contributed by atoms with van der Waals surface area (Å²) in [6, 6.07) is 3.16. The van der Waals surface area contributed by atoms with E-state index in [0.717, 1.165) is 32.5 Å². The van der Waals surface area contributed by atoms with E-state index < -0.39 is 5.97 Å². The molecule has 0 radical (unpaired) electrons. The second kappa shape index (κ2) is 13.2. The molecule has 0 heterocycles. The van der Waals surface area contributed by atoms with Gasteiger partial charge >= 0.3 is 5.97 Å². The lowest BCUT2D eigenvalue weighted by Crippen LogP contribution is -2.30. The molecule has 174 valence electrons. The monoisotopic (exact) mass is 435 g/mol. The topological polar surface area (TPSA) is 74.3 Å². The van der Waals surface area contributed by atoms with Crippen LogP contribution in [-0.2, 0) is 9.53 Å². The van der Waals surface area contributed by atoms with Crippen LogP contribution in [0, 0.1) is 5.92 Å². The summed E-state index contributed by atoms with van der Waals surface area (Å²) in [6.07, 6.45) is 7.07. The molecule has 1 aromatic rings. The van der Waals surface area contributed by atoms with E-state index in [1.807, 2.05) is 0 Å². The molecule has 0 spiro atoms. The highest BCUT2D eigenvalue weighted by Gasteiger charge is 2.21. The molecule has 1 aliphatic carbocycles. The summed E-state index contributed by atoms with van der Waals surface area (Å²) in [5.74, 6) is 1.50. The largest absolute Gasteiger partial charge is 0.493 e. The summed E-state index contributed by atoms with van der Waals surface area (Å²) in [6.45, 7) is 4.83. The Morgan fingerprint density at radius 3 is 2.16 bits per heavy atom. The minimum Gasteiger partial charge on any atom is -0.493 e. The molecule has 1 aliphatic rings. The van der Waals surface area contributed by atoms with E-state index in [1.165, 1.54) is 40.6 Å². The number of carbonyl (C=O) groups excluding carboxylic acids is 2. The van der Waals surface area contributed by atoms with Crippen LogP contribution >= 0.6 is 0 Å². The van der Waals surface area contributed by atoms with Gasteiger partial charge in [-0.3, -0.25) is 4.79 Å². The molecule has 1 aromatic carbocycles. The number of rotatable bonds is 13. The average Bonchev–Trinajstić information content (AvgIpc) is 2.82. The molecule has 0 atom stereocenters. The van der Waals surface area contributed by atoms with Gasteiger partial charge in [0.05, 0.1) is 33.5 Å². The maximum atomic E-state index is 12.5. The Balaban J connectivity index is 1.77. The number of nitrogens with zero attached hydrogens (tertiary/aromatic N) is 1. The van der Waals surface area contributed by atoms with Crippen LogP contribution < -0.4 is 14.2 Å². The maximum absolute atomic E-state index is 12.5. The summed E-state index contributed by atoms with van der Waals surface area (Å²) in [4.78, 5) is 27.1. The third-order valence-electron chi connectivity index (χ3n) is 5.93. The summed E-state index contributed by atoms with van der Waals surface area (Å²) >= 11 is 0. The van der Waals surface area contributed by atoms with Crippen LogP contribution in [0.2, 0.25) is 0 Å². The lowest BCUT2D eigenvalue weighted by Gasteiger charge is -2.23. The van der Waals surface area contributed by atoms with Gasteiger partial charge < -0.3 is 23.8 Å². The molecular weight excluding hydrogens is 398 g/mol. The van der Waals surface area contributed by atoms with Crippen molar-refractivity contribution in [3.63, 3.8) is 0 Å². The number of benzene rings is 1. The minimum absolute atomic E-state index is 0.270. The van der Waals surface area contributed by atoms with Crippen molar-refractivity contribution < 1.29 is 28.5 Å². The molecule has 0 N–H and O–H groups in total. The SMILES string of the molecule is CCN(CCCOC(=O)c1cc(OC)c(OC)c(OC)c1)CCC(=O)C1CCCCC1. The second-order valence-corrected chi connectivity index (χ2v) is 7.89. The maximum Gasteiger partial charge on any atom is 0.338 e. The van der Waals surface area contributed by atoms with Gasteiger partial charge in [-0.25, -0.2) is 4.79 Å². The van der Waals surface area contributed by atoms with Crippen molar-refractivity contribution in [2.45, 2.75) is 51.9 Å². The van der Waals surface area contributed by atoms with Crippen molar-refractivity contribution in [3.05, 3.63) is 17.7 Å². The molecule has 0 saturated heterocycles. The molecule has 31 heavy (non-hydrogen) atoms. The van der Waals surface area contributed by atoms with Crippen molar-refractivity contribution in [1.82, 2.24) is 4.90 Å². The Morgan fingerprint density at radius 2 is 1.61 bits per heavy atom. The molecule has 0 aliphatic heterocycles. The van der Waals surface area contributed by atoms with E-state index in [4.69, 9.17) is 18.9 Å². The average molecular weight is 436 g/mol. The number of hydrogen-bond donors (Lipinski definition) is 0. The van der Waals surface area contributed by atoms with Crippen molar-refractivity contribution >= 4 is 11.8 Å². The van der Waals surface area contributed by atoms with Crippen LogP contribution in [0.1, 0.15) is 62.2 Å². The predicted molar refractivity (Wildman–Crippen MR) is 119 cm³/mol. The fraction of sp³-hybridized carbons (Fsp3) is 0.667. The van der Waals surface area contributed by atoms with Crippen LogP contribution in [0.4, 0.5) is 0 Å². The highest BCUT2D eigenvalue weighted by atomic mass is 16.5. The van der Waals surface area contributed by atoms with Gasteiger partial charge in [-0.1, -0.05) is 26.2 Å². The third-order valence-corrected chi connectivity index (χ3v) is 5.93. The fourth-order valence-electron chi connectivity index (χ4n) is 4.06. The van der Waals surface area contributed by atoms with E-state index >= 15 is 0 Å². The highest BCUT2D eigenvalue weighted by molar-refractivity contribution is 5.91. The Kier molecular flexibility index (Phi) is 10.6. The zero-order valence-corrected chi connectivity index (χ0v) is 19.4. The summed E-state index contributed by atoms with van der Waals surface area (Å²) in [5.41, 5.74) is 0.347. The second-order valence-electron chi connectivity index (χ2n) is 7.89. The van der Waals surface area contributed by atoms with Crippen molar-refractivity contribution in [2.24, 2.45) is 5.92 Å². The summed E-state index contributed by atoms with van der Waals surface area (Å²) in [7, 11) is 4.52. The lowest BCUT2D eigenvalue weighted by molar-refractivity contribution is -0.124. The first-order valence-corrected chi connectivity index (χ1v) is 11.3. The van der Waals surface area contributed by atoms with Gasteiger partial charge in [0.15, 0.2) is 11.5 Å². The standard InChI is InChI=1S/C24H37NO6/c1-5-25(14-12-20(26)18-10-7-6-8-11-18)13-9-15-31-24(27)19-16-21(28-2)23(30-4)22(17-19)29-3/h16-18H,5-15H2,1-4H3. The van der Waals surface area contributed by atoms with Crippen molar-refractivity contribution in [1.29, 1.82) is 0 Å². The number of Topliss-reactive ketones (excluding diaryl/α,β-unsaturated/α-hetero) is 1. The zero-order valence-electron chi connectivity index (χ0n) is 19.4. The molecule has 2 rings (SSSR count). The number of esters is 1. The predicted octanol–water partition coefficient (Wildman–Crippen LogP) is 4.12. The first kappa shape index (κ1) is 25.0. The van der Waals surface area contributed by atoms with E-state index in [2.05, 4.69) is 11.8 Å². The number of methoxy groups -OCH3 is 3. The van der Waals surface area contributed by atoms with Crippen LogP contribution in [0.3, 0.4) is 0 Å². The number of ketones is 1. The van der Waals surface area contributed by atoms with Gasteiger partial charge in [-0.05, 0) is 37.9 Å². The molecule has 0 bridgehead atoms. The number of carbonyl (C=O) groups is 2. The molecule has 7 nitrogen and oxygen atoms in total. The van der Waals surface area contributed by atoms with Gasteiger partial charge in [0.2, 0.25) is 5.75 Å². The van der Waals surface area contributed by atoms with Crippen LogP contribution in [0.15, 0.2) is 12.1 Å². The first-order chi connectivity index (χ1) is 15.0. The van der Waals surface area contributed by atoms with Crippen LogP contribution in [-0.4, -0.2) is 64.2 Å². The smallest absolute Gasteiger partial charge is 0.338 e. The van der Waals surface area contributed by atoms with Gasteiger partial charge in [0.25, 0.3) is 0 Å². The van der Waals surface area contributed by atoms with Gasteiger partial charge in [0, 0.05) is 25.4 Å². The molecule has 0 aromatic heterocycles. The summed E-state index contributed by atoms with van der Waals surface area (Å²) in [5, 5.41) is 0. The van der Waals surface area contributed by atoms with Gasteiger partial charge in [-0.2, -0.15) is 0 Å². The van der Waals surface area contributed by atoms with E-state index in [-0.39, 0.29) is 5.92 Å². The Hall–Kier alpha value is -2.28.